The minimum absolute atomic E-state index is 0.235. The fraction of sp³-hybridized carbons (Fsp3) is 0.417. The van der Waals surface area contributed by atoms with Crippen molar-refractivity contribution in [2.24, 2.45) is 0 Å². The van der Waals surface area contributed by atoms with E-state index < -0.39 is 6.04 Å². The van der Waals surface area contributed by atoms with Crippen molar-refractivity contribution < 1.29 is 14.4 Å². The van der Waals surface area contributed by atoms with Gasteiger partial charge < -0.3 is 4.74 Å². The molecule has 1 aromatic rings. The summed E-state index contributed by atoms with van der Waals surface area (Å²) in [5.74, 6) is 0. The van der Waals surface area contributed by atoms with Crippen LogP contribution >= 0.6 is 11.3 Å². The van der Waals surface area contributed by atoms with Gasteiger partial charge in [0.05, 0.1) is 36.9 Å². The van der Waals surface area contributed by atoms with Crippen LogP contribution in [0, 0.1) is 11.3 Å². The van der Waals surface area contributed by atoms with Crippen LogP contribution in [0.3, 0.4) is 0 Å². The van der Waals surface area contributed by atoms with Crippen LogP contribution in [0.15, 0.2) is 12.7 Å². The Morgan fingerprint density at radius 3 is 3.15 bits per heavy atom. The average Bonchev–Trinajstić information content (AvgIpc) is 3.00. The molecule has 3 heterocycles. The molecule has 0 aliphatic carbocycles. The number of amides is 2. The summed E-state index contributed by atoms with van der Waals surface area (Å²) in [5.41, 5.74) is 0.587. The molecule has 2 aliphatic rings. The van der Waals surface area contributed by atoms with Gasteiger partial charge >= 0.3 is 6.03 Å². The number of methoxy groups -OCH3 is 1. The number of aromatic nitrogens is 1. The number of carbonyl (C=O) groups excluding carboxylic acids is 1. The molecular weight excluding hydrogens is 280 g/mol. The molecule has 0 spiro atoms. The van der Waals surface area contributed by atoms with E-state index in [0.717, 1.165) is 4.88 Å². The van der Waals surface area contributed by atoms with Crippen molar-refractivity contribution in [3.8, 4) is 11.3 Å². The first-order valence-electron chi connectivity index (χ1n) is 5.99. The van der Waals surface area contributed by atoms with E-state index in [1.165, 1.54) is 28.4 Å². The zero-order chi connectivity index (χ0) is 14.3. The second kappa shape index (κ2) is 4.77. The van der Waals surface area contributed by atoms with E-state index in [1.54, 1.807) is 6.08 Å². The Balaban J connectivity index is 2.03. The molecule has 1 fully saturated rings. The van der Waals surface area contributed by atoms with Gasteiger partial charge in [-0.15, -0.1) is 6.58 Å². The SMILES string of the molecule is C=CCON1C(=O)N2CC1c1sc(OC)nc1[C@H]2C#N. The maximum absolute atomic E-state index is 12.3. The number of fused-ring (bicyclic) bond motifs is 4. The van der Waals surface area contributed by atoms with Crippen LogP contribution in [-0.4, -0.2) is 41.2 Å². The van der Waals surface area contributed by atoms with Crippen LogP contribution in [0.25, 0.3) is 0 Å². The Morgan fingerprint density at radius 1 is 1.70 bits per heavy atom. The van der Waals surface area contributed by atoms with Crippen molar-refractivity contribution in [2.45, 2.75) is 12.1 Å². The van der Waals surface area contributed by atoms with Gasteiger partial charge in [0.2, 0.25) is 0 Å². The Hall–Kier alpha value is -2.11. The van der Waals surface area contributed by atoms with E-state index in [2.05, 4.69) is 17.6 Å². The highest BCUT2D eigenvalue weighted by Crippen LogP contribution is 2.47. The van der Waals surface area contributed by atoms with E-state index in [0.29, 0.717) is 17.4 Å². The number of nitrogens with zero attached hydrogens (tertiary/aromatic N) is 4. The highest BCUT2D eigenvalue weighted by Gasteiger charge is 2.51. The first kappa shape index (κ1) is 12.9. The lowest BCUT2D eigenvalue weighted by Crippen LogP contribution is -2.33. The van der Waals surface area contributed by atoms with Crippen molar-refractivity contribution >= 4 is 17.4 Å². The third-order valence-electron chi connectivity index (χ3n) is 3.25. The zero-order valence-electron chi connectivity index (χ0n) is 10.8. The molecule has 0 N–H and O–H groups in total. The van der Waals surface area contributed by atoms with Crippen LogP contribution in [0.4, 0.5) is 4.79 Å². The summed E-state index contributed by atoms with van der Waals surface area (Å²) in [6.45, 7) is 4.22. The van der Waals surface area contributed by atoms with Gasteiger partial charge in [0.25, 0.3) is 5.19 Å². The highest BCUT2D eigenvalue weighted by atomic mass is 32.1. The van der Waals surface area contributed by atoms with Crippen molar-refractivity contribution in [1.82, 2.24) is 14.9 Å². The number of hydrogen-bond donors (Lipinski definition) is 0. The lowest BCUT2D eigenvalue weighted by atomic mass is 10.1. The molecular formula is C12H12N4O3S. The number of hydroxylamine groups is 2. The summed E-state index contributed by atoms with van der Waals surface area (Å²) >= 11 is 1.34. The number of nitriles is 1. The molecule has 2 amide bonds. The van der Waals surface area contributed by atoms with Gasteiger partial charge in [-0.1, -0.05) is 17.4 Å². The second-order valence-corrected chi connectivity index (χ2v) is 5.32. The normalized spacial score (nSPS) is 23.5. The number of thiazole rings is 1. The van der Waals surface area contributed by atoms with Gasteiger partial charge in [0, 0.05) is 0 Å². The minimum Gasteiger partial charge on any atom is -0.473 e. The van der Waals surface area contributed by atoms with Crippen molar-refractivity contribution in [1.29, 1.82) is 5.26 Å². The lowest BCUT2D eigenvalue weighted by molar-refractivity contribution is -0.118. The smallest absolute Gasteiger partial charge is 0.346 e. The summed E-state index contributed by atoms with van der Waals surface area (Å²) < 4.78 is 5.13. The molecule has 2 aliphatic heterocycles. The summed E-state index contributed by atoms with van der Waals surface area (Å²) in [4.78, 5) is 24.3. The molecule has 2 bridgehead atoms. The van der Waals surface area contributed by atoms with Gasteiger partial charge in [-0.2, -0.15) is 10.3 Å². The number of rotatable bonds is 4. The van der Waals surface area contributed by atoms with Gasteiger partial charge in [-0.05, 0) is 0 Å². The number of ether oxygens (including phenoxy) is 1. The Bertz CT molecular complexity index is 608. The largest absolute Gasteiger partial charge is 0.473 e. The van der Waals surface area contributed by atoms with E-state index >= 15 is 0 Å². The molecule has 1 unspecified atom stereocenters. The summed E-state index contributed by atoms with van der Waals surface area (Å²) in [6, 6.07) is 0.876. The molecule has 1 aromatic heterocycles. The highest BCUT2D eigenvalue weighted by molar-refractivity contribution is 7.13. The first-order chi connectivity index (χ1) is 9.71. The molecule has 8 heteroatoms. The van der Waals surface area contributed by atoms with E-state index in [-0.39, 0.29) is 18.7 Å². The molecule has 0 aromatic carbocycles. The Labute approximate surface area is 119 Å². The topological polar surface area (TPSA) is 78.7 Å². The van der Waals surface area contributed by atoms with Crippen LogP contribution < -0.4 is 4.74 Å². The molecule has 3 rings (SSSR count). The van der Waals surface area contributed by atoms with E-state index in [9.17, 15) is 10.1 Å². The number of urea groups is 1. The van der Waals surface area contributed by atoms with Gasteiger partial charge in [0.15, 0.2) is 6.04 Å². The van der Waals surface area contributed by atoms with Crippen LogP contribution in [0.1, 0.15) is 22.7 Å². The predicted molar refractivity (Wildman–Crippen MR) is 69.9 cm³/mol. The van der Waals surface area contributed by atoms with Crippen LogP contribution in [-0.2, 0) is 4.84 Å². The van der Waals surface area contributed by atoms with Crippen molar-refractivity contribution in [3.63, 3.8) is 0 Å². The van der Waals surface area contributed by atoms with Gasteiger partial charge in [-0.3, -0.25) is 9.74 Å². The van der Waals surface area contributed by atoms with E-state index in [1.807, 2.05) is 0 Å². The number of hydrogen-bond acceptors (Lipinski definition) is 6. The molecule has 0 radical (unpaired) electrons. The Kier molecular flexibility index (Phi) is 3.08. The quantitative estimate of drug-likeness (QED) is 0.788. The predicted octanol–water partition coefficient (Wildman–Crippen LogP) is 1.63. The van der Waals surface area contributed by atoms with Crippen LogP contribution in [0.5, 0.6) is 5.19 Å². The zero-order valence-corrected chi connectivity index (χ0v) is 11.6. The second-order valence-electron chi connectivity index (χ2n) is 4.33. The summed E-state index contributed by atoms with van der Waals surface area (Å²) in [5, 5.41) is 11.1. The van der Waals surface area contributed by atoms with Gasteiger partial charge in [-0.25, -0.2) is 9.78 Å². The van der Waals surface area contributed by atoms with Crippen molar-refractivity contribution in [3.05, 3.63) is 23.2 Å². The monoisotopic (exact) mass is 292 g/mol. The Morgan fingerprint density at radius 2 is 2.50 bits per heavy atom. The first-order valence-corrected chi connectivity index (χ1v) is 6.80. The summed E-state index contributed by atoms with van der Waals surface area (Å²) in [6.07, 6.45) is 1.57. The third kappa shape index (κ3) is 1.67. The van der Waals surface area contributed by atoms with Crippen LogP contribution in [0.2, 0.25) is 0 Å². The molecule has 1 saturated heterocycles. The molecule has 0 saturated carbocycles. The third-order valence-corrected chi connectivity index (χ3v) is 4.38. The standard InChI is InChI=1S/C12H12N4O3S/c1-3-4-19-16-8-6-15(12(16)17)7(5-13)9-10(8)20-11(14-9)18-2/h3,7-8H,1,4,6H2,2H3/t7-,8?/m1/s1. The van der Waals surface area contributed by atoms with E-state index in [4.69, 9.17) is 9.57 Å². The minimum atomic E-state index is -0.689. The fourth-order valence-corrected chi connectivity index (χ4v) is 3.39. The number of carbonyl (C=O) groups is 1. The fourth-order valence-electron chi connectivity index (χ4n) is 2.40. The van der Waals surface area contributed by atoms with Gasteiger partial charge in [0.1, 0.15) is 6.04 Å². The summed E-state index contributed by atoms with van der Waals surface area (Å²) in [7, 11) is 1.53. The molecule has 7 nitrogen and oxygen atoms in total. The van der Waals surface area contributed by atoms with Crippen molar-refractivity contribution in [2.75, 3.05) is 20.3 Å². The maximum atomic E-state index is 12.3. The molecule has 104 valence electrons. The molecule has 2 atom stereocenters. The lowest BCUT2D eigenvalue weighted by Gasteiger charge is -2.24. The molecule has 20 heavy (non-hydrogen) atoms. The maximum Gasteiger partial charge on any atom is 0.346 e. The average molecular weight is 292 g/mol.